The summed E-state index contributed by atoms with van der Waals surface area (Å²) in [5, 5.41) is 0. The van der Waals surface area contributed by atoms with E-state index in [1.807, 2.05) is 30.5 Å². The largest absolute Gasteiger partial charge is 0.237 e. The molecule has 0 bridgehead atoms. The van der Waals surface area contributed by atoms with E-state index in [-0.39, 0.29) is 0 Å². The lowest BCUT2D eigenvalue weighted by Gasteiger charge is -2.12. The van der Waals surface area contributed by atoms with Gasteiger partial charge in [-0.25, -0.2) is 9.97 Å². The third-order valence-electron chi connectivity index (χ3n) is 6.33. The van der Waals surface area contributed by atoms with Gasteiger partial charge in [-0.3, -0.25) is 0 Å². The van der Waals surface area contributed by atoms with Crippen LogP contribution in [0.15, 0.2) is 146 Å². The predicted octanol–water partition coefficient (Wildman–Crippen LogP) is 8.81. The molecule has 170 valence electrons. The lowest BCUT2D eigenvalue weighted by molar-refractivity contribution is 1.18. The van der Waals surface area contributed by atoms with E-state index in [4.69, 9.17) is 4.98 Å². The molecule has 36 heavy (non-hydrogen) atoms. The molecule has 6 rings (SSSR count). The molecule has 0 fully saturated rings. The summed E-state index contributed by atoms with van der Waals surface area (Å²) in [6, 6.07) is 48.5. The highest BCUT2D eigenvalue weighted by atomic mass is 14.9. The summed E-state index contributed by atoms with van der Waals surface area (Å²) in [5.41, 5.74) is 10.00. The fourth-order valence-electron chi connectivity index (χ4n) is 4.50. The van der Waals surface area contributed by atoms with Gasteiger partial charge in [0.1, 0.15) is 0 Å². The standard InChI is InChI=1S/C34H24N2/c1-4-11-25(12-5-1)28-17-10-18-29(21-28)34-35-20-19-33(36-34)32-23-30(26-13-6-2-7-14-26)22-31(24-32)27-15-8-3-9-16-27/h1-24H. The number of benzene rings is 5. The molecule has 0 amide bonds. The van der Waals surface area contributed by atoms with E-state index < -0.39 is 0 Å². The average molecular weight is 461 g/mol. The topological polar surface area (TPSA) is 25.8 Å². The zero-order valence-corrected chi connectivity index (χ0v) is 19.8. The highest BCUT2D eigenvalue weighted by molar-refractivity contribution is 5.80. The summed E-state index contributed by atoms with van der Waals surface area (Å²) in [7, 11) is 0. The quantitative estimate of drug-likeness (QED) is 0.257. The molecule has 6 aromatic rings. The Morgan fingerprint density at radius 2 is 0.778 bits per heavy atom. The highest BCUT2D eigenvalue weighted by Gasteiger charge is 2.10. The van der Waals surface area contributed by atoms with Crippen LogP contribution in [0, 0.1) is 0 Å². The van der Waals surface area contributed by atoms with Crippen LogP contribution in [0.3, 0.4) is 0 Å². The average Bonchev–Trinajstić information content (AvgIpc) is 2.98. The van der Waals surface area contributed by atoms with Crippen LogP contribution in [0.5, 0.6) is 0 Å². The second-order valence-corrected chi connectivity index (χ2v) is 8.74. The Hall–Kier alpha value is -4.82. The van der Waals surface area contributed by atoms with Crippen molar-refractivity contribution in [2.24, 2.45) is 0 Å². The van der Waals surface area contributed by atoms with E-state index in [9.17, 15) is 0 Å². The molecule has 0 spiro atoms. The van der Waals surface area contributed by atoms with E-state index in [1.165, 1.54) is 16.7 Å². The predicted molar refractivity (Wildman–Crippen MR) is 149 cm³/mol. The second kappa shape index (κ2) is 9.81. The molecule has 0 unspecified atom stereocenters. The van der Waals surface area contributed by atoms with Crippen molar-refractivity contribution >= 4 is 0 Å². The number of hydrogen-bond acceptors (Lipinski definition) is 2. The van der Waals surface area contributed by atoms with Crippen LogP contribution in [0.4, 0.5) is 0 Å². The van der Waals surface area contributed by atoms with Crippen molar-refractivity contribution in [1.29, 1.82) is 0 Å². The summed E-state index contributed by atoms with van der Waals surface area (Å²) in [6.45, 7) is 0. The zero-order chi connectivity index (χ0) is 24.2. The molecule has 0 atom stereocenters. The normalized spacial score (nSPS) is 10.8. The first kappa shape index (κ1) is 21.7. The maximum absolute atomic E-state index is 5.01. The van der Waals surface area contributed by atoms with Gasteiger partial charge < -0.3 is 0 Å². The van der Waals surface area contributed by atoms with Crippen LogP contribution in [0.25, 0.3) is 56.0 Å². The lowest BCUT2D eigenvalue weighted by atomic mass is 9.95. The first-order chi connectivity index (χ1) is 17.8. The van der Waals surface area contributed by atoms with Crippen LogP contribution in [0.1, 0.15) is 0 Å². The van der Waals surface area contributed by atoms with Crippen LogP contribution < -0.4 is 0 Å². The summed E-state index contributed by atoms with van der Waals surface area (Å²) in [5.74, 6) is 0.719. The van der Waals surface area contributed by atoms with Crippen LogP contribution >= 0.6 is 0 Å². The van der Waals surface area contributed by atoms with Crippen molar-refractivity contribution in [1.82, 2.24) is 9.97 Å². The number of hydrogen-bond donors (Lipinski definition) is 0. The van der Waals surface area contributed by atoms with Crippen molar-refractivity contribution in [3.63, 3.8) is 0 Å². The molecule has 5 aromatic carbocycles. The SMILES string of the molecule is c1ccc(-c2cc(-c3ccccc3)cc(-c3ccnc(-c4cccc(-c5ccccc5)c4)n3)c2)cc1. The first-order valence-electron chi connectivity index (χ1n) is 12.1. The molecular formula is C34H24N2. The van der Waals surface area contributed by atoms with Gasteiger partial charge in [-0.05, 0) is 63.7 Å². The molecule has 2 nitrogen and oxygen atoms in total. The zero-order valence-electron chi connectivity index (χ0n) is 19.8. The van der Waals surface area contributed by atoms with Crippen LogP contribution in [-0.2, 0) is 0 Å². The van der Waals surface area contributed by atoms with E-state index in [0.29, 0.717) is 0 Å². The smallest absolute Gasteiger partial charge is 0.159 e. The summed E-state index contributed by atoms with van der Waals surface area (Å²) in [4.78, 5) is 9.63. The fourth-order valence-corrected chi connectivity index (χ4v) is 4.50. The van der Waals surface area contributed by atoms with Crippen molar-refractivity contribution in [2.75, 3.05) is 0 Å². The van der Waals surface area contributed by atoms with Crippen molar-refractivity contribution < 1.29 is 0 Å². The van der Waals surface area contributed by atoms with Crippen molar-refractivity contribution in [3.8, 4) is 56.0 Å². The second-order valence-electron chi connectivity index (χ2n) is 8.74. The van der Waals surface area contributed by atoms with E-state index >= 15 is 0 Å². The summed E-state index contributed by atoms with van der Waals surface area (Å²) < 4.78 is 0. The van der Waals surface area contributed by atoms with Gasteiger partial charge in [-0.1, -0.05) is 109 Å². The molecule has 1 aromatic heterocycles. The molecule has 0 aliphatic rings. The molecule has 1 heterocycles. The van der Waals surface area contributed by atoms with Gasteiger partial charge in [0, 0.05) is 17.3 Å². The van der Waals surface area contributed by atoms with Gasteiger partial charge in [-0.15, -0.1) is 0 Å². The van der Waals surface area contributed by atoms with E-state index in [2.05, 4.69) is 120 Å². The van der Waals surface area contributed by atoms with Gasteiger partial charge in [-0.2, -0.15) is 0 Å². The van der Waals surface area contributed by atoms with Gasteiger partial charge in [0.05, 0.1) is 5.69 Å². The Kier molecular flexibility index (Phi) is 5.91. The number of rotatable bonds is 5. The number of aromatic nitrogens is 2. The minimum absolute atomic E-state index is 0.719. The monoisotopic (exact) mass is 460 g/mol. The van der Waals surface area contributed by atoms with Crippen LogP contribution in [0.2, 0.25) is 0 Å². The maximum atomic E-state index is 5.01. The maximum Gasteiger partial charge on any atom is 0.159 e. The number of nitrogens with zero attached hydrogens (tertiary/aromatic N) is 2. The Morgan fingerprint density at radius 1 is 0.333 bits per heavy atom. The van der Waals surface area contributed by atoms with E-state index in [0.717, 1.165) is 39.3 Å². The molecule has 0 radical (unpaired) electrons. The first-order valence-corrected chi connectivity index (χ1v) is 12.1. The Labute approximate surface area is 211 Å². The van der Waals surface area contributed by atoms with Gasteiger partial charge in [0.25, 0.3) is 0 Å². The fraction of sp³-hybridized carbons (Fsp3) is 0. The Balaban J connectivity index is 1.45. The molecule has 0 aliphatic carbocycles. The van der Waals surface area contributed by atoms with Crippen molar-refractivity contribution in [3.05, 3.63) is 146 Å². The molecular weight excluding hydrogens is 436 g/mol. The van der Waals surface area contributed by atoms with E-state index in [1.54, 1.807) is 0 Å². The lowest BCUT2D eigenvalue weighted by Crippen LogP contribution is -1.93. The Morgan fingerprint density at radius 3 is 1.36 bits per heavy atom. The summed E-state index contributed by atoms with van der Waals surface area (Å²) in [6.07, 6.45) is 1.85. The minimum Gasteiger partial charge on any atom is -0.237 e. The molecule has 0 saturated heterocycles. The molecule has 0 saturated carbocycles. The molecule has 2 heteroatoms. The third-order valence-corrected chi connectivity index (χ3v) is 6.33. The highest BCUT2D eigenvalue weighted by Crippen LogP contribution is 2.33. The molecule has 0 N–H and O–H groups in total. The Bertz CT molecular complexity index is 1550. The van der Waals surface area contributed by atoms with Crippen molar-refractivity contribution in [2.45, 2.75) is 0 Å². The summed E-state index contributed by atoms with van der Waals surface area (Å²) >= 11 is 0. The van der Waals surface area contributed by atoms with Gasteiger partial charge in [0.2, 0.25) is 0 Å². The van der Waals surface area contributed by atoms with Gasteiger partial charge >= 0.3 is 0 Å². The van der Waals surface area contributed by atoms with Crippen LogP contribution in [-0.4, -0.2) is 9.97 Å². The minimum atomic E-state index is 0.719. The molecule has 0 aliphatic heterocycles. The van der Waals surface area contributed by atoms with Gasteiger partial charge in [0.15, 0.2) is 5.82 Å². The third kappa shape index (κ3) is 4.57.